The van der Waals surface area contributed by atoms with Crippen LogP contribution >= 0.6 is 34.0 Å². The van der Waals surface area contributed by atoms with Gasteiger partial charge in [-0.15, -0.1) is 34.0 Å². The number of fused-ring (bicyclic) bond motifs is 3. The van der Waals surface area contributed by atoms with Gasteiger partial charge in [-0.05, 0) is 181 Å². The van der Waals surface area contributed by atoms with Gasteiger partial charge in [-0.25, -0.2) is 29.5 Å². The van der Waals surface area contributed by atoms with Crippen molar-refractivity contribution in [2.75, 3.05) is 64.6 Å². The molecule has 6 aliphatic heterocycles. The molecule has 0 bridgehead atoms. The van der Waals surface area contributed by atoms with E-state index in [1.54, 1.807) is 50.0 Å². The molecule has 7 aromatic rings. The molecule has 517 valence electrons. The molecule has 6 aliphatic rings. The van der Waals surface area contributed by atoms with Gasteiger partial charge in [0.15, 0.2) is 0 Å². The Hall–Kier alpha value is -6.47. The second-order valence-corrected chi connectivity index (χ2v) is 31.3. The number of carboxylic acid groups (broad SMARTS) is 1. The molecular weight excluding hydrogens is 1300 g/mol. The van der Waals surface area contributed by atoms with Crippen molar-refractivity contribution >= 4 is 126 Å². The van der Waals surface area contributed by atoms with Crippen LogP contribution in [-0.4, -0.2) is 159 Å². The summed E-state index contributed by atoms with van der Waals surface area (Å²) in [6.45, 7) is 26.9. The molecule has 13 rings (SSSR count). The van der Waals surface area contributed by atoms with Gasteiger partial charge in [0.2, 0.25) is 23.5 Å². The largest absolute Gasteiger partial charge is 1.00 e. The Bertz CT molecular complexity index is 4030. The molecule has 4 saturated heterocycles. The number of nitrogens with two attached hydrogens (primary N) is 1. The monoisotopic (exact) mass is 1400 g/mol. The molecule has 0 unspecified atom stereocenters. The van der Waals surface area contributed by atoms with Crippen LogP contribution in [0.25, 0.3) is 36.3 Å². The number of nitrogens with zero attached hydrogens (tertiary/aromatic N) is 9. The number of allylic oxidation sites excluding steroid dienone is 1. The number of Topliss-reactive ketones (excluding diaryl/α,β-unsaturated/α-hetero) is 1. The number of aryl methyl sites for hydroxylation is 1. The Morgan fingerprint density at radius 2 is 1.14 bits per heavy atom. The Labute approximate surface area is 614 Å². The molecular formula is C74H96BN11NaO8S3. The Morgan fingerprint density at radius 3 is 1.59 bits per heavy atom. The summed E-state index contributed by atoms with van der Waals surface area (Å²) in [5, 5.41) is 15.7. The minimum Gasteiger partial charge on any atom is -1.00 e. The summed E-state index contributed by atoms with van der Waals surface area (Å²) in [4.78, 5) is 99.7. The molecule has 4 aromatic heterocycles. The van der Waals surface area contributed by atoms with Crippen LogP contribution in [-0.2, 0) is 35.1 Å². The number of nitrogen functional groups attached to an aromatic ring is 1. The zero-order valence-corrected chi connectivity index (χ0v) is 63.5. The van der Waals surface area contributed by atoms with Gasteiger partial charge < -0.3 is 37.0 Å². The van der Waals surface area contributed by atoms with Gasteiger partial charge in [-0.2, -0.15) is 0 Å². The molecule has 10 heterocycles. The van der Waals surface area contributed by atoms with Crippen LogP contribution in [0, 0.1) is 24.7 Å². The van der Waals surface area contributed by atoms with Gasteiger partial charge in [-0.3, -0.25) is 29.1 Å². The number of pyridine rings is 1. The van der Waals surface area contributed by atoms with E-state index in [1.165, 1.54) is 61.7 Å². The third-order valence-corrected chi connectivity index (χ3v) is 22.8. The number of anilines is 1. The number of thiazole rings is 3. The van der Waals surface area contributed by atoms with Crippen molar-refractivity contribution in [3.8, 4) is 0 Å². The SMILES string of the molecule is CC(=O)N1CCC(c2nc3cc(C4=CC[C@H](C)CN4C(=O)OC(C)(C)C)ccc3s2)CC1.CC(=O)N1CCC(c2nc3cc(C4=NC[C@@H](C)CC4)ccc3s2)CC1.CC(=O)N1CCC(c2nc3cc([C@H]4CC[C@H](C)CN4)ccc3s2)CC1.Cc1cc(CC(=O)C(=O)O)cnc1N.[B].[H-].[Na+]. The fourth-order valence-corrected chi connectivity index (χ4v) is 16.6. The van der Waals surface area contributed by atoms with Crippen LogP contribution in [0.1, 0.15) is 201 Å². The Morgan fingerprint density at radius 1 is 0.653 bits per heavy atom. The molecule has 0 aliphatic carbocycles. The standard InChI is InChI=1S/C25H33N3O3S.C20H27N3OS.C20H25N3OS.C9H10N2O3.B.Na.H/c1-16-6-8-21(28(15-16)24(30)31-25(3,4)5)19-7-9-22-20(14-19)26-23(32-22)18-10-12-27(13-11-18)17(2)29;2*1-13-3-5-17(21-12-13)16-4-6-19-18(11-16)22-20(25-19)15-7-9-23(10-8-15)14(2)24;1-5-2-6(4-11-8(5)10)3-7(12)9(13)14;;;/h7-9,14,16,18H,6,10-13,15H2,1-5H3;4,6,11,13,15,17,21H,3,5,7-10,12H2,1-2H3;4,6,11,13,15H,3,5,7-10,12H2,1-2H3;2,4H,3H2,1H3,(H2,10,11)(H,13,14);;;/q;;;;;+1;-1/t16-;13-,17+;13-;;;;/m000..../s1. The van der Waals surface area contributed by atoms with Crippen LogP contribution < -0.4 is 40.6 Å². The number of amides is 4. The molecule has 3 aromatic carbocycles. The van der Waals surface area contributed by atoms with E-state index in [0.29, 0.717) is 53.6 Å². The van der Waals surface area contributed by atoms with Gasteiger partial charge in [0.1, 0.15) is 11.4 Å². The number of aromatic nitrogens is 4. The molecule has 0 spiro atoms. The summed E-state index contributed by atoms with van der Waals surface area (Å²) in [6.07, 6.45) is 14.9. The van der Waals surface area contributed by atoms with Crippen LogP contribution in [0.3, 0.4) is 0 Å². The first kappa shape index (κ1) is 77.3. The number of ether oxygens (including phenoxy) is 1. The van der Waals surface area contributed by atoms with Gasteiger partial charge in [-0.1, -0.05) is 51.1 Å². The van der Waals surface area contributed by atoms with Gasteiger partial charge >= 0.3 is 41.6 Å². The molecule has 4 N–H and O–H groups in total. The van der Waals surface area contributed by atoms with E-state index in [2.05, 4.69) is 91.7 Å². The van der Waals surface area contributed by atoms with E-state index in [-0.39, 0.29) is 69.6 Å². The molecule has 19 nitrogen and oxygen atoms in total. The van der Waals surface area contributed by atoms with Crippen molar-refractivity contribution in [3.05, 3.63) is 116 Å². The maximum atomic E-state index is 12.9. The Balaban J connectivity index is 0.000000190. The third kappa shape index (κ3) is 20.4. The van der Waals surface area contributed by atoms with E-state index in [0.717, 1.165) is 153 Å². The van der Waals surface area contributed by atoms with Gasteiger partial charge in [0.25, 0.3) is 0 Å². The maximum Gasteiger partial charge on any atom is 1.00 e. The van der Waals surface area contributed by atoms with Crippen molar-refractivity contribution in [2.24, 2.45) is 22.7 Å². The molecule has 3 radical (unpaired) electrons. The minimum absolute atomic E-state index is 0. The number of rotatable bonds is 9. The van der Waals surface area contributed by atoms with E-state index in [4.69, 9.17) is 35.5 Å². The first-order chi connectivity index (χ1) is 45.8. The third-order valence-electron chi connectivity index (χ3n) is 19.2. The van der Waals surface area contributed by atoms with Crippen LogP contribution in [0.5, 0.6) is 0 Å². The second kappa shape index (κ2) is 34.7. The van der Waals surface area contributed by atoms with Crippen molar-refractivity contribution in [2.45, 2.75) is 176 Å². The average Bonchev–Trinajstić information content (AvgIpc) is 1.70. The quantitative estimate of drug-likeness (QED) is 0.0899. The topological polar surface area (TPSA) is 247 Å². The fourth-order valence-electron chi connectivity index (χ4n) is 13.3. The van der Waals surface area contributed by atoms with Gasteiger partial charge in [0, 0.05) is 129 Å². The smallest absolute Gasteiger partial charge is 1.00 e. The van der Waals surface area contributed by atoms with E-state index < -0.39 is 17.4 Å². The molecule has 0 saturated carbocycles. The zero-order valence-electron chi connectivity index (χ0n) is 60.0. The zero-order chi connectivity index (χ0) is 68.5. The number of ketones is 1. The first-order valence-electron chi connectivity index (χ1n) is 34.2. The maximum absolute atomic E-state index is 12.9. The van der Waals surface area contributed by atoms with Crippen molar-refractivity contribution in [1.82, 2.24) is 44.9 Å². The summed E-state index contributed by atoms with van der Waals surface area (Å²) in [7, 11) is 0. The Kier molecular flexibility index (Phi) is 27.4. The first-order valence-corrected chi connectivity index (χ1v) is 36.7. The number of carboxylic acids is 1. The normalized spacial score (nSPS) is 20.2. The number of aliphatic carboxylic acids is 1. The fraction of sp³-hybridized carbons (Fsp3) is 0.527. The summed E-state index contributed by atoms with van der Waals surface area (Å²) in [5.74, 6) is 1.92. The molecule has 98 heavy (non-hydrogen) atoms. The number of likely N-dealkylation sites (tertiary alicyclic amines) is 3. The van der Waals surface area contributed by atoms with E-state index >= 15 is 0 Å². The predicted molar refractivity (Wildman–Crippen MR) is 392 cm³/mol. The van der Waals surface area contributed by atoms with Crippen molar-refractivity contribution in [1.29, 1.82) is 0 Å². The number of hydrogen-bond acceptors (Lipinski definition) is 17. The molecule has 24 heteroatoms. The van der Waals surface area contributed by atoms with Crippen LogP contribution in [0.4, 0.5) is 10.6 Å². The molecule has 4 amide bonds. The molecule has 4 atom stereocenters. The van der Waals surface area contributed by atoms with Crippen LogP contribution in [0.15, 0.2) is 77.9 Å². The average molecular weight is 1400 g/mol. The molecule has 4 fully saturated rings. The number of aliphatic imine (C=N–C) groups is 1. The number of benzene rings is 3. The number of carbonyl (C=O) groups excluding carboxylic acids is 5. The van der Waals surface area contributed by atoms with Gasteiger partial charge in [0.05, 0.1) is 51.4 Å². The van der Waals surface area contributed by atoms with Crippen molar-refractivity contribution < 1.29 is 69.6 Å². The predicted octanol–water partition coefficient (Wildman–Crippen LogP) is 10.9. The summed E-state index contributed by atoms with van der Waals surface area (Å²) < 4.78 is 9.39. The number of carbonyl (C=O) groups is 6. The minimum atomic E-state index is -1.43. The summed E-state index contributed by atoms with van der Waals surface area (Å²) in [5.41, 5.74) is 15.2. The summed E-state index contributed by atoms with van der Waals surface area (Å²) in [6, 6.07) is 21.9. The van der Waals surface area contributed by atoms with E-state index in [1.807, 2.05) is 58.1 Å². The number of nitrogens with one attached hydrogen (secondary N) is 1. The number of piperidine rings is 4. The van der Waals surface area contributed by atoms with Crippen LogP contribution in [0.2, 0.25) is 0 Å². The number of hydrogen-bond donors (Lipinski definition) is 3. The summed E-state index contributed by atoms with van der Waals surface area (Å²) >= 11 is 5.39. The second-order valence-electron chi connectivity index (χ2n) is 28.1. The van der Waals surface area contributed by atoms with Crippen molar-refractivity contribution in [3.63, 3.8) is 0 Å². The van der Waals surface area contributed by atoms with E-state index in [9.17, 15) is 28.8 Å².